The zero-order valence-electron chi connectivity index (χ0n) is 18.2. The summed E-state index contributed by atoms with van der Waals surface area (Å²) in [5.41, 5.74) is 6.46. The highest BCUT2D eigenvalue weighted by Gasteiger charge is 2.10. The fourth-order valence-corrected chi connectivity index (χ4v) is 4.08. The Hall–Kier alpha value is -3.19. The van der Waals surface area contributed by atoms with E-state index < -0.39 is 0 Å². The average Bonchev–Trinajstić information content (AvgIpc) is 2.82. The summed E-state index contributed by atoms with van der Waals surface area (Å²) >= 11 is 0. The molecule has 0 fully saturated rings. The van der Waals surface area contributed by atoms with Crippen LogP contribution in [0.5, 0.6) is 0 Å². The number of unbranched alkanes of at least 4 members (excludes halogenated alkanes) is 1. The Balaban J connectivity index is 1.58. The molecule has 0 amide bonds. The number of halogens is 1. The zero-order chi connectivity index (χ0) is 21.6. The van der Waals surface area contributed by atoms with Crippen LogP contribution in [0.3, 0.4) is 0 Å². The van der Waals surface area contributed by atoms with E-state index in [2.05, 4.69) is 62.0 Å². The van der Waals surface area contributed by atoms with Gasteiger partial charge in [0.05, 0.1) is 0 Å². The maximum atomic E-state index is 15.3. The van der Waals surface area contributed by atoms with Gasteiger partial charge in [0.1, 0.15) is 5.82 Å². The van der Waals surface area contributed by atoms with E-state index in [1.807, 2.05) is 36.4 Å². The highest BCUT2D eigenvalue weighted by atomic mass is 19.1. The lowest BCUT2D eigenvalue weighted by Gasteiger charge is -2.10. The van der Waals surface area contributed by atoms with Crippen LogP contribution in [0.2, 0.25) is 0 Å². The van der Waals surface area contributed by atoms with Crippen LogP contribution >= 0.6 is 0 Å². The van der Waals surface area contributed by atoms with Crippen molar-refractivity contribution in [3.05, 3.63) is 108 Å². The van der Waals surface area contributed by atoms with Crippen molar-refractivity contribution in [1.29, 1.82) is 0 Å². The third kappa shape index (κ3) is 4.77. The molecular weight excluding hydrogens is 379 g/mol. The van der Waals surface area contributed by atoms with Gasteiger partial charge in [-0.25, -0.2) is 4.39 Å². The number of allylic oxidation sites excluding steroid dienone is 1. The first-order valence-corrected chi connectivity index (χ1v) is 11.2. The van der Waals surface area contributed by atoms with Crippen LogP contribution < -0.4 is 0 Å². The number of rotatable bonds is 8. The third-order valence-corrected chi connectivity index (χ3v) is 5.96. The molecule has 0 unspecified atom stereocenters. The SMILES string of the molecule is C=CCCc1ccc(-c2ccc(-c3ccc4cc(CCCC)ccc4c3F)cc2)cc1. The lowest BCUT2D eigenvalue weighted by molar-refractivity contribution is 0.643. The Morgan fingerprint density at radius 3 is 2.06 bits per heavy atom. The van der Waals surface area contributed by atoms with Gasteiger partial charge in [-0.3, -0.25) is 0 Å². The van der Waals surface area contributed by atoms with Crippen LogP contribution in [-0.2, 0) is 12.8 Å². The second kappa shape index (κ2) is 9.75. The molecule has 0 saturated heterocycles. The monoisotopic (exact) mass is 408 g/mol. The molecule has 0 aliphatic heterocycles. The fourth-order valence-electron chi connectivity index (χ4n) is 4.08. The van der Waals surface area contributed by atoms with Gasteiger partial charge in [0.15, 0.2) is 0 Å². The summed E-state index contributed by atoms with van der Waals surface area (Å²) in [5, 5.41) is 1.67. The van der Waals surface area contributed by atoms with Gasteiger partial charge in [-0.05, 0) is 58.9 Å². The van der Waals surface area contributed by atoms with Gasteiger partial charge in [0.25, 0.3) is 0 Å². The highest BCUT2D eigenvalue weighted by molar-refractivity contribution is 5.89. The van der Waals surface area contributed by atoms with Crippen LogP contribution in [0.4, 0.5) is 4.39 Å². The normalized spacial score (nSPS) is 11.0. The van der Waals surface area contributed by atoms with Gasteiger partial charge in [-0.1, -0.05) is 98.3 Å². The van der Waals surface area contributed by atoms with Crippen LogP contribution in [0.1, 0.15) is 37.3 Å². The summed E-state index contributed by atoms with van der Waals surface area (Å²) in [7, 11) is 0. The summed E-state index contributed by atoms with van der Waals surface area (Å²) in [5.74, 6) is -0.140. The molecule has 0 N–H and O–H groups in total. The summed E-state index contributed by atoms with van der Waals surface area (Å²) in [6, 6.07) is 26.9. The Labute approximate surface area is 185 Å². The summed E-state index contributed by atoms with van der Waals surface area (Å²) in [6.07, 6.45) is 7.34. The maximum Gasteiger partial charge on any atom is 0.138 e. The quantitative estimate of drug-likeness (QED) is 0.256. The van der Waals surface area contributed by atoms with Crippen molar-refractivity contribution in [2.24, 2.45) is 0 Å². The highest BCUT2D eigenvalue weighted by Crippen LogP contribution is 2.31. The van der Waals surface area contributed by atoms with Crippen molar-refractivity contribution in [3.8, 4) is 22.3 Å². The van der Waals surface area contributed by atoms with Crippen LogP contribution in [-0.4, -0.2) is 0 Å². The van der Waals surface area contributed by atoms with Gasteiger partial charge >= 0.3 is 0 Å². The molecule has 4 aromatic carbocycles. The number of aryl methyl sites for hydroxylation is 2. The Morgan fingerprint density at radius 1 is 0.742 bits per heavy atom. The first kappa shape index (κ1) is 21.1. The van der Waals surface area contributed by atoms with E-state index >= 15 is 4.39 Å². The fraction of sp³-hybridized carbons (Fsp3) is 0.200. The van der Waals surface area contributed by atoms with Crippen molar-refractivity contribution >= 4 is 10.8 Å². The molecule has 0 aliphatic carbocycles. The minimum absolute atomic E-state index is 0.140. The predicted molar refractivity (Wildman–Crippen MR) is 132 cm³/mol. The van der Waals surface area contributed by atoms with E-state index in [1.54, 1.807) is 0 Å². The van der Waals surface area contributed by atoms with Gasteiger partial charge in [0.2, 0.25) is 0 Å². The summed E-state index contributed by atoms with van der Waals surface area (Å²) in [6.45, 7) is 5.98. The molecular formula is C30H29F. The van der Waals surface area contributed by atoms with E-state index in [0.29, 0.717) is 10.9 Å². The van der Waals surface area contributed by atoms with Gasteiger partial charge in [-0.2, -0.15) is 0 Å². The minimum atomic E-state index is -0.140. The van der Waals surface area contributed by atoms with Crippen molar-refractivity contribution in [3.63, 3.8) is 0 Å². The molecule has 0 atom stereocenters. The minimum Gasteiger partial charge on any atom is -0.206 e. The summed E-state index contributed by atoms with van der Waals surface area (Å²) in [4.78, 5) is 0. The first-order valence-electron chi connectivity index (χ1n) is 11.2. The molecule has 4 aromatic rings. The molecule has 0 aromatic heterocycles. The van der Waals surface area contributed by atoms with E-state index in [9.17, 15) is 0 Å². The molecule has 0 saturated carbocycles. The third-order valence-electron chi connectivity index (χ3n) is 5.96. The van der Waals surface area contributed by atoms with E-state index in [4.69, 9.17) is 0 Å². The number of hydrogen-bond donors (Lipinski definition) is 0. The molecule has 0 nitrogen and oxygen atoms in total. The molecule has 4 rings (SSSR count). The maximum absolute atomic E-state index is 15.3. The Morgan fingerprint density at radius 2 is 1.39 bits per heavy atom. The second-order valence-electron chi connectivity index (χ2n) is 8.19. The topological polar surface area (TPSA) is 0 Å². The van der Waals surface area contributed by atoms with Crippen molar-refractivity contribution in [1.82, 2.24) is 0 Å². The predicted octanol–water partition coefficient (Wildman–Crippen LogP) is 8.77. The van der Waals surface area contributed by atoms with Crippen LogP contribution in [0, 0.1) is 5.82 Å². The van der Waals surface area contributed by atoms with Crippen LogP contribution in [0.15, 0.2) is 91.5 Å². The van der Waals surface area contributed by atoms with Crippen LogP contribution in [0.25, 0.3) is 33.0 Å². The van der Waals surface area contributed by atoms with Crippen molar-refractivity contribution < 1.29 is 4.39 Å². The first-order chi connectivity index (χ1) is 15.2. The number of hydrogen-bond acceptors (Lipinski definition) is 0. The molecule has 1 heteroatoms. The molecule has 156 valence electrons. The zero-order valence-corrected chi connectivity index (χ0v) is 18.2. The Bertz CT molecular complexity index is 1170. The van der Waals surface area contributed by atoms with E-state index in [0.717, 1.165) is 42.2 Å². The Kier molecular flexibility index (Phi) is 6.62. The number of benzene rings is 4. The summed E-state index contributed by atoms with van der Waals surface area (Å²) < 4.78 is 15.3. The molecule has 0 heterocycles. The average molecular weight is 409 g/mol. The second-order valence-corrected chi connectivity index (χ2v) is 8.19. The molecule has 0 aliphatic rings. The lowest BCUT2D eigenvalue weighted by atomic mass is 9.96. The van der Waals surface area contributed by atoms with E-state index in [-0.39, 0.29) is 5.82 Å². The molecule has 31 heavy (non-hydrogen) atoms. The molecule has 0 bridgehead atoms. The van der Waals surface area contributed by atoms with Crippen molar-refractivity contribution in [2.75, 3.05) is 0 Å². The molecule has 0 spiro atoms. The van der Waals surface area contributed by atoms with Gasteiger partial charge in [-0.15, -0.1) is 6.58 Å². The molecule has 0 radical (unpaired) electrons. The number of fused-ring (bicyclic) bond motifs is 1. The standard InChI is InChI=1S/C30H29F/c1-3-5-7-22-9-12-24(13-10-22)25-14-16-26(17-15-25)28-20-18-27-21-23(8-6-4-2)11-19-29(27)30(28)31/h3,9-21H,1,4-8H2,2H3. The smallest absolute Gasteiger partial charge is 0.138 e. The lowest BCUT2D eigenvalue weighted by Crippen LogP contribution is -1.90. The van der Waals surface area contributed by atoms with Gasteiger partial charge < -0.3 is 0 Å². The van der Waals surface area contributed by atoms with Crippen molar-refractivity contribution in [2.45, 2.75) is 39.0 Å². The largest absolute Gasteiger partial charge is 0.206 e. The van der Waals surface area contributed by atoms with E-state index in [1.165, 1.54) is 23.1 Å². The van der Waals surface area contributed by atoms with Gasteiger partial charge in [0, 0.05) is 10.9 Å².